The number of allylic oxidation sites excluding steroid dienone is 2. The number of rotatable bonds is 6. The summed E-state index contributed by atoms with van der Waals surface area (Å²) in [5.74, 6) is 0. The molecule has 0 aliphatic carbocycles. The molecule has 3 aromatic rings. The summed E-state index contributed by atoms with van der Waals surface area (Å²) in [6, 6.07) is 33.3. The van der Waals surface area contributed by atoms with E-state index in [2.05, 4.69) is 132 Å². The maximum absolute atomic E-state index is 2.84. The first-order valence-electron chi connectivity index (χ1n) is 8.71. The van der Waals surface area contributed by atoms with Crippen molar-refractivity contribution in [1.82, 2.24) is 0 Å². The molecule has 0 aromatic heterocycles. The van der Waals surface area contributed by atoms with Crippen molar-refractivity contribution < 1.29 is 0 Å². The summed E-state index contributed by atoms with van der Waals surface area (Å²) in [5.41, 5.74) is 0. The van der Waals surface area contributed by atoms with Crippen LogP contribution in [0.3, 0.4) is 0 Å². The fourth-order valence-corrected chi connectivity index (χ4v) is 11.9. The molecule has 0 saturated carbocycles. The molecule has 3 rings (SSSR count). The maximum atomic E-state index is 2.84. The second-order valence-corrected chi connectivity index (χ2v) is 17.0. The molecule has 0 spiro atoms. The number of halogens is 1. The molecule has 0 aliphatic heterocycles. The molecule has 0 aliphatic rings. The third-order valence-corrected chi connectivity index (χ3v) is 16.5. The van der Waals surface area contributed by atoms with E-state index in [-0.39, 0.29) is 0 Å². The van der Waals surface area contributed by atoms with Gasteiger partial charge in [0.05, 0.1) is 0 Å². The van der Waals surface area contributed by atoms with E-state index in [0.29, 0.717) is 0 Å². The third kappa shape index (κ3) is 3.32. The van der Waals surface area contributed by atoms with Gasteiger partial charge < -0.3 is 0 Å². The second-order valence-electron chi connectivity index (χ2n) is 6.27. The zero-order valence-electron chi connectivity index (χ0n) is 14.6. The Morgan fingerprint density at radius 1 is 0.680 bits per heavy atom. The van der Waals surface area contributed by atoms with Crippen molar-refractivity contribution >= 4 is 42.2 Å². The molecule has 0 radical (unpaired) electrons. The molecular weight excluding hydrogens is 434 g/mol. The van der Waals surface area contributed by atoms with Crippen LogP contribution in [0.25, 0.3) is 0 Å². The van der Waals surface area contributed by atoms with Gasteiger partial charge in [0.1, 0.15) is 0 Å². The van der Waals surface area contributed by atoms with Gasteiger partial charge in [-0.1, -0.05) is 0 Å². The predicted molar refractivity (Wildman–Crippen MR) is 123 cm³/mol. The number of benzene rings is 3. The molecule has 0 atom stereocenters. The molecule has 128 valence electrons. The van der Waals surface area contributed by atoms with Gasteiger partial charge in [-0.25, -0.2) is 0 Å². The van der Waals surface area contributed by atoms with Gasteiger partial charge in [-0.15, -0.1) is 0 Å². The summed E-state index contributed by atoms with van der Waals surface area (Å²) in [6.07, 6.45) is 6.68. The Hall–Kier alpha value is -1.44. The summed E-state index contributed by atoms with van der Waals surface area (Å²) in [4.78, 5) is 0. The summed E-state index contributed by atoms with van der Waals surface area (Å²) < 4.78 is -2.55. The van der Waals surface area contributed by atoms with Crippen LogP contribution in [0.15, 0.2) is 103 Å². The van der Waals surface area contributed by atoms with Crippen molar-refractivity contribution in [2.24, 2.45) is 0 Å². The first kappa shape index (κ1) is 18.4. The van der Waals surface area contributed by atoms with Gasteiger partial charge in [0.25, 0.3) is 0 Å². The van der Waals surface area contributed by atoms with Crippen molar-refractivity contribution in [1.29, 1.82) is 0 Å². The van der Waals surface area contributed by atoms with E-state index >= 15 is 0 Å². The van der Waals surface area contributed by atoms with E-state index in [1.165, 1.54) is 15.9 Å². The normalized spacial score (nSPS) is 13.4. The summed E-state index contributed by atoms with van der Waals surface area (Å²) >= 11 is 2.84. The van der Waals surface area contributed by atoms with Crippen molar-refractivity contribution in [3.05, 3.63) is 103 Å². The van der Waals surface area contributed by atoms with Crippen molar-refractivity contribution in [2.45, 2.75) is 13.3 Å². The van der Waals surface area contributed by atoms with E-state index in [1.54, 1.807) is 0 Å². The molecule has 0 amide bonds. The van der Waals surface area contributed by atoms with Gasteiger partial charge in [-0.3, -0.25) is 0 Å². The SMILES string of the molecule is C/C=C\CCP(I)(c1ccccc1)(c1ccccc1)c1ccccc1. The first-order chi connectivity index (χ1) is 12.2. The van der Waals surface area contributed by atoms with E-state index in [0.717, 1.165) is 12.6 Å². The zero-order chi connectivity index (χ0) is 17.6. The Morgan fingerprint density at radius 2 is 1.04 bits per heavy atom. The fourth-order valence-electron chi connectivity index (χ4n) is 3.53. The van der Waals surface area contributed by atoms with Gasteiger partial charge >= 0.3 is 165 Å². The first-order valence-corrected chi connectivity index (χ1v) is 13.9. The van der Waals surface area contributed by atoms with E-state index in [4.69, 9.17) is 0 Å². The monoisotopic (exact) mass is 458 g/mol. The van der Waals surface area contributed by atoms with Gasteiger partial charge in [0.2, 0.25) is 0 Å². The van der Waals surface area contributed by atoms with E-state index in [1.807, 2.05) is 0 Å². The van der Waals surface area contributed by atoms with Gasteiger partial charge in [0.15, 0.2) is 0 Å². The minimum absolute atomic E-state index is 1.08. The summed E-state index contributed by atoms with van der Waals surface area (Å²) in [6.45, 7) is 2.11. The molecule has 0 N–H and O–H groups in total. The molecule has 0 nitrogen and oxygen atoms in total. The molecular formula is C23H24IP. The summed E-state index contributed by atoms with van der Waals surface area (Å²) in [5, 5.41) is 4.36. The van der Waals surface area contributed by atoms with Crippen molar-refractivity contribution in [3.63, 3.8) is 0 Å². The predicted octanol–water partition coefficient (Wildman–Crippen LogP) is 5.83. The van der Waals surface area contributed by atoms with Crippen LogP contribution in [-0.4, -0.2) is 6.16 Å². The Morgan fingerprint density at radius 3 is 1.36 bits per heavy atom. The fraction of sp³-hybridized carbons (Fsp3) is 0.130. The van der Waals surface area contributed by atoms with Crippen LogP contribution < -0.4 is 15.9 Å². The average molecular weight is 458 g/mol. The number of hydrogen-bond acceptors (Lipinski definition) is 0. The molecule has 3 aromatic carbocycles. The summed E-state index contributed by atoms with van der Waals surface area (Å²) in [7, 11) is 0. The standard InChI is InChI=1S/C23H24IP/c1-2-3-13-20-25(24,21-14-7-4-8-15-21,22-16-9-5-10-17-22)23-18-11-6-12-19-23/h2-12,14-19H,13,20H2,1H3/b3-2-. The van der Waals surface area contributed by atoms with Crippen LogP contribution >= 0.6 is 26.3 Å². The van der Waals surface area contributed by atoms with Crippen LogP contribution in [-0.2, 0) is 0 Å². The molecule has 0 fully saturated rings. The number of hydrogen-bond donors (Lipinski definition) is 0. The molecule has 0 heterocycles. The van der Waals surface area contributed by atoms with Crippen LogP contribution in [0.1, 0.15) is 13.3 Å². The molecule has 25 heavy (non-hydrogen) atoms. The average Bonchev–Trinajstić information content (AvgIpc) is 2.70. The Bertz CT molecular complexity index is 726. The minimum atomic E-state index is -2.55. The third-order valence-electron chi connectivity index (χ3n) is 4.84. The Balaban J connectivity index is 2.35. The topological polar surface area (TPSA) is 0 Å². The Kier molecular flexibility index (Phi) is 5.76. The van der Waals surface area contributed by atoms with Crippen LogP contribution in [0, 0.1) is 0 Å². The molecule has 0 unspecified atom stereocenters. The van der Waals surface area contributed by atoms with Crippen molar-refractivity contribution in [2.75, 3.05) is 6.16 Å². The quantitative estimate of drug-likeness (QED) is 0.248. The van der Waals surface area contributed by atoms with Crippen LogP contribution in [0.2, 0.25) is 0 Å². The van der Waals surface area contributed by atoms with Crippen LogP contribution in [0.5, 0.6) is 0 Å². The molecule has 0 bridgehead atoms. The Labute approximate surface area is 164 Å². The molecule has 2 heteroatoms. The van der Waals surface area contributed by atoms with E-state index < -0.39 is 4.25 Å². The van der Waals surface area contributed by atoms with Crippen molar-refractivity contribution in [3.8, 4) is 0 Å². The van der Waals surface area contributed by atoms with E-state index in [9.17, 15) is 0 Å². The molecule has 0 saturated heterocycles. The van der Waals surface area contributed by atoms with Gasteiger partial charge in [0, 0.05) is 0 Å². The van der Waals surface area contributed by atoms with Gasteiger partial charge in [-0.2, -0.15) is 0 Å². The van der Waals surface area contributed by atoms with Crippen LogP contribution in [0.4, 0.5) is 0 Å². The zero-order valence-corrected chi connectivity index (χ0v) is 17.6. The second kappa shape index (κ2) is 7.85. The van der Waals surface area contributed by atoms with Gasteiger partial charge in [-0.05, 0) is 0 Å².